The summed E-state index contributed by atoms with van der Waals surface area (Å²) in [6.45, 7) is -0.0914. The van der Waals surface area contributed by atoms with E-state index in [0.717, 1.165) is 5.56 Å². The van der Waals surface area contributed by atoms with Crippen LogP contribution in [0.5, 0.6) is 0 Å². The van der Waals surface area contributed by atoms with Gasteiger partial charge in [-0.25, -0.2) is 19.2 Å². The predicted molar refractivity (Wildman–Crippen MR) is 268 cm³/mol. The fourth-order valence-corrected chi connectivity index (χ4v) is 8.39. The van der Waals surface area contributed by atoms with E-state index in [9.17, 15) is 28.8 Å². The van der Waals surface area contributed by atoms with Gasteiger partial charge in [-0.2, -0.15) is 0 Å². The van der Waals surface area contributed by atoms with Crippen LogP contribution in [0.25, 0.3) is 0 Å². The zero-order valence-electron chi connectivity index (χ0n) is 41.0. The topological polar surface area (TPSA) is 195 Å². The standard InChI is InChI=1S/C59H56O16/c1-39(60)32-33-49(61)74-53-51(66-34-40-20-8-2-9-21-40)47(38-70-56(63)43-26-14-5-15-27-43)73-59(54(53)67-35-41-22-10-3-11-23-41)75-52-48(72-58(65)45-30-18-7-19-31-45)36-68-50(52)46(71-57(64)44-28-16-6-17-29-44)37-69-55(62)42-24-12-4-13-25-42/h2-31,46-48,50-54,59H,32-38H2,1H3/t46-,47?,48?,50+,51+,52?,53?,54?,59-/m1/s1. The molecule has 0 amide bonds. The molecule has 8 rings (SSSR count). The average Bonchev–Trinajstić information content (AvgIpc) is 3.84. The fourth-order valence-electron chi connectivity index (χ4n) is 8.39. The molecule has 0 radical (unpaired) electrons. The molecule has 2 saturated heterocycles. The van der Waals surface area contributed by atoms with E-state index in [1.165, 1.54) is 6.92 Å². The van der Waals surface area contributed by atoms with Crippen LogP contribution in [0.15, 0.2) is 182 Å². The normalized spacial score (nSPS) is 21.5. The third kappa shape index (κ3) is 15.1. The lowest BCUT2D eigenvalue weighted by atomic mass is 9.97. The van der Waals surface area contributed by atoms with Crippen LogP contribution in [-0.2, 0) is 70.2 Å². The van der Waals surface area contributed by atoms with Crippen molar-refractivity contribution in [2.75, 3.05) is 19.8 Å². The van der Waals surface area contributed by atoms with Gasteiger partial charge in [-0.15, -0.1) is 0 Å². The number of ether oxygens (including phenoxy) is 10. The van der Waals surface area contributed by atoms with Crippen molar-refractivity contribution in [2.24, 2.45) is 0 Å². The highest BCUT2D eigenvalue weighted by Crippen LogP contribution is 2.36. The molecule has 0 N–H and O–H groups in total. The maximum atomic E-state index is 13.9. The smallest absolute Gasteiger partial charge is 0.338 e. The Labute approximate surface area is 433 Å². The van der Waals surface area contributed by atoms with Crippen molar-refractivity contribution in [3.05, 3.63) is 215 Å². The van der Waals surface area contributed by atoms with Crippen LogP contribution in [0.4, 0.5) is 0 Å². The molecule has 2 aliphatic rings. The number of rotatable bonds is 23. The van der Waals surface area contributed by atoms with Crippen LogP contribution >= 0.6 is 0 Å². The van der Waals surface area contributed by atoms with Crippen LogP contribution in [0.3, 0.4) is 0 Å². The Balaban J connectivity index is 1.20. The highest BCUT2D eigenvalue weighted by atomic mass is 16.7. The number of Topliss-reactive ketones (excluding diaryl/α,β-unsaturated/α-hetero) is 1. The summed E-state index contributed by atoms with van der Waals surface area (Å²) in [5, 5.41) is 0. The first-order valence-electron chi connectivity index (χ1n) is 24.5. The Bertz CT molecular complexity index is 2780. The molecule has 388 valence electrons. The van der Waals surface area contributed by atoms with Crippen molar-refractivity contribution in [3.8, 4) is 0 Å². The Hall–Kier alpha value is -7.86. The Morgan fingerprint density at radius 2 is 0.973 bits per heavy atom. The largest absolute Gasteiger partial charge is 0.459 e. The molecule has 0 spiro atoms. The lowest BCUT2D eigenvalue weighted by molar-refractivity contribution is -0.335. The Morgan fingerprint density at radius 3 is 1.49 bits per heavy atom. The maximum Gasteiger partial charge on any atom is 0.338 e. The van der Waals surface area contributed by atoms with Crippen molar-refractivity contribution in [3.63, 3.8) is 0 Å². The van der Waals surface area contributed by atoms with Crippen LogP contribution in [0.1, 0.15) is 72.3 Å². The molecule has 6 aromatic rings. The number of ketones is 1. The SMILES string of the molecule is CC(=O)CCC(=O)OC1C(OCc2ccccc2)[C@@H](OC2C(OC(=O)c3ccccc3)CO[C@H]2[C@@H](COC(=O)c2ccccc2)OC(=O)c2ccccc2)OC(COC(=O)c2ccccc2)[C@@H]1OCc1ccccc1. The molecule has 2 fully saturated rings. The van der Waals surface area contributed by atoms with Gasteiger partial charge in [0.2, 0.25) is 0 Å². The zero-order valence-corrected chi connectivity index (χ0v) is 41.0. The van der Waals surface area contributed by atoms with Crippen molar-refractivity contribution < 1.29 is 76.1 Å². The molecule has 0 saturated carbocycles. The molecule has 2 aliphatic heterocycles. The van der Waals surface area contributed by atoms with Gasteiger partial charge in [-0.3, -0.25) is 4.79 Å². The molecule has 2 heterocycles. The van der Waals surface area contributed by atoms with Gasteiger partial charge in [0.05, 0.1) is 48.5 Å². The highest BCUT2D eigenvalue weighted by molar-refractivity contribution is 5.91. The molecule has 6 aromatic carbocycles. The summed E-state index contributed by atoms with van der Waals surface area (Å²) in [7, 11) is 0. The van der Waals surface area contributed by atoms with Crippen molar-refractivity contribution >= 4 is 35.6 Å². The molecule has 9 atom stereocenters. The second-order valence-electron chi connectivity index (χ2n) is 17.7. The number of hydrogen-bond donors (Lipinski definition) is 0. The number of benzene rings is 6. The summed E-state index contributed by atoms with van der Waals surface area (Å²) in [6, 6.07) is 51.2. The van der Waals surface area contributed by atoms with Crippen molar-refractivity contribution in [2.45, 2.75) is 88.1 Å². The van der Waals surface area contributed by atoms with Gasteiger partial charge in [-0.1, -0.05) is 133 Å². The van der Waals surface area contributed by atoms with E-state index < -0.39 is 98.2 Å². The summed E-state index contributed by atoms with van der Waals surface area (Å²) < 4.78 is 63.8. The second-order valence-corrected chi connectivity index (χ2v) is 17.7. The lowest BCUT2D eigenvalue weighted by Crippen LogP contribution is -2.63. The minimum Gasteiger partial charge on any atom is -0.459 e. The van der Waals surface area contributed by atoms with E-state index in [-0.39, 0.29) is 60.7 Å². The summed E-state index contributed by atoms with van der Waals surface area (Å²) in [6.07, 6.45) is -12.8. The molecule has 16 nitrogen and oxygen atoms in total. The lowest BCUT2D eigenvalue weighted by Gasteiger charge is -2.46. The van der Waals surface area contributed by atoms with Crippen LogP contribution in [0, 0.1) is 0 Å². The first-order valence-corrected chi connectivity index (χ1v) is 24.5. The molecule has 16 heteroatoms. The zero-order chi connectivity index (χ0) is 52.4. The van der Waals surface area contributed by atoms with E-state index in [1.54, 1.807) is 121 Å². The number of carbonyl (C=O) groups excluding carboxylic acids is 6. The Kier molecular flexibility index (Phi) is 19.2. The summed E-state index contributed by atoms with van der Waals surface area (Å²) >= 11 is 0. The average molecular weight is 1020 g/mol. The van der Waals surface area contributed by atoms with Crippen LogP contribution < -0.4 is 0 Å². The highest BCUT2D eigenvalue weighted by Gasteiger charge is 2.55. The van der Waals surface area contributed by atoms with Crippen LogP contribution in [0.2, 0.25) is 0 Å². The quantitative estimate of drug-likeness (QED) is 0.0441. The first kappa shape index (κ1) is 53.4. The minimum atomic E-state index is -1.61. The van der Waals surface area contributed by atoms with E-state index in [0.29, 0.717) is 5.56 Å². The predicted octanol–water partition coefficient (Wildman–Crippen LogP) is 8.11. The third-order valence-corrected chi connectivity index (χ3v) is 12.2. The Morgan fingerprint density at radius 1 is 0.507 bits per heavy atom. The first-order chi connectivity index (χ1) is 36.6. The molecule has 0 bridgehead atoms. The third-order valence-electron chi connectivity index (χ3n) is 12.2. The molecular formula is C59H56O16. The monoisotopic (exact) mass is 1020 g/mol. The van der Waals surface area contributed by atoms with Gasteiger partial charge in [0, 0.05) is 6.42 Å². The van der Waals surface area contributed by atoms with Gasteiger partial charge in [0.25, 0.3) is 0 Å². The van der Waals surface area contributed by atoms with Gasteiger partial charge < -0.3 is 52.2 Å². The maximum absolute atomic E-state index is 13.9. The molecule has 0 aliphatic carbocycles. The van der Waals surface area contributed by atoms with E-state index >= 15 is 0 Å². The molecule has 0 aromatic heterocycles. The molecule has 75 heavy (non-hydrogen) atoms. The van der Waals surface area contributed by atoms with Crippen molar-refractivity contribution in [1.82, 2.24) is 0 Å². The van der Waals surface area contributed by atoms with Gasteiger partial charge >= 0.3 is 29.8 Å². The summed E-state index contributed by atoms with van der Waals surface area (Å²) in [5.41, 5.74) is 2.31. The van der Waals surface area contributed by atoms with Gasteiger partial charge in [-0.05, 0) is 66.6 Å². The summed E-state index contributed by atoms with van der Waals surface area (Å²) in [4.78, 5) is 81.1. The van der Waals surface area contributed by atoms with E-state index in [4.69, 9.17) is 47.4 Å². The number of carbonyl (C=O) groups is 6. The van der Waals surface area contributed by atoms with E-state index in [2.05, 4.69) is 0 Å². The minimum absolute atomic E-state index is 0.0252. The van der Waals surface area contributed by atoms with Crippen molar-refractivity contribution in [1.29, 1.82) is 0 Å². The van der Waals surface area contributed by atoms with E-state index in [1.807, 2.05) is 60.7 Å². The number of hydrogen-bond acceptors (Lipinski definition) is 16. The second kappa shape index (κ2) is 26.9. The van der Waals surface area contributed by atoms with Gasteiger partial charge in [0.15, 0.2) is 24.6 Å². The fraction of sp³-hybridized carbons (Fsp3) is 0.288. The molecule has 5 unspecified atom stereocenters. The molecular weight excluding hydrogens is 965 g/mol. The summed E-state index contributed by atoms with van der Waals surface area (Å²) in [5.74, 6) is -3.99. The number of esters is 5. The van der Waals surface area contributed by atoms with Crippen LogP contribution in [-0.4, -0.2) is 111 Å². The van der Waals surface area contributed by atoms with Gasteiger partial charge in [0.1, 0.15) is 49.5 Å².